The molecule has 0 N–H and O–H groups in total. The van der Waals surface area contributed by atoms with Gasteiger partial charge in [-0.05, 0) is 30.7 Å². The zero-order chi connectivity index (χ0) is 13.9. The first-order valence-electron chi connectivity index (χ1n) is 5.71. The van der Waals surface area contributed by atoms with Crippen LogP contribution in [0.2, 0.25) is 0 Å². The average molecular weight is 271 g/mol. The van der Waals surface area contributed by atoms with Gasteiger partial charge in [-0.3, -0.25) is 4.98 Å². The van der Waals surface area contributed by atoms with E-state index in [0.717, 1.165) is 5.56 Å². The van der Waals surface area contributed by atoms with Crippen molar-refractivity contribution in [3.05, 3.63) is 59.4 Å². The highest BCUT2D eigenvalue weighted by atomic mass is 32.2. The SMILES string of the molecule is C#Cc1cncc(CS(=O)(=O)c2ccc(C)cc2)c1. The highest BCUT2D eigenvalue weighted by Crippen LogP contribution is 2.17. The molecule has 3 nitrogen and oxygen atoms in total. The van der Waals surface area contributed by atoms with Crippen molar-refractivity contribution in [3.63, 3.8) is 0 Å². The van der Waals surface area contributed by atoms with E-state index in [4.69, 9.17) is 6.42 Å². The molecule has 2 rings (SSSR count). The first-order chi connectivity index (χ1) is 9.01. The van der Waals surface area contributed by atoms with Gasteiger partial charge in [-0.1, -0.05) is 23.6 Å². The Hall–Kier alpha value is -2.12. The lowest BCUT2D eigenvalue weighted by Gasteiger charge is -2.05. The molecule has 0 aliphatic heterocycles. The molecule has 2 aromatic rings. The second-order valence-electron chi connectivity index (χ2n) is 4.30. The fourth-order valence-electron chi connectivity index (χ4n) is 1.69. The van der Waals surface area contributed by atoms with Crippen molar-refractivity contribution >= 4 is 9.84 Å². The number of sulfone groups is 1. The highest BCUT2D eigenvalue weighted by Gasteiger charge is 2.15. The first kappa shape index (κ1) is 13.3. The van der Waals surface area contributed by atoms with E-state index in [1.807, 2.05) is 6.92 Å². The Morgan fingerprint density at radius 3 is 2.53 bits per heavy atom. The normalized spacial score (nSPS) is 10.9. The summed E-state index contributed by atoms with van der Waals surface area (Å²) in [4.78, 5) is 4.25. The molecular weight excluding hydrogens is 258 g/mol. The standard InChI is InChI=1S/C15H13NO2S/c1-3-13-8-14(10-16-9-13)11-19(17,18)15-6-4-12(2)5-7-15/h1,4-10H,11H2,2H3. The molecule has 96 valence electrons. The van der Waals surface area contributed by atoms with E-state index < -0.39 is 9.84 Å². The number of aromatic nitrogens is 1. The Labute approximate surface area is 113 Å². The fraction of sp³-hybridized carbons (Fsp3) is 0.133. The highest BCUT2D eigenvalue weighted by molar-refractivity contribution is 7.90. The molecule has 1 heterocycles. The minimum absolute atomic E-state index is 0.0986. The van der Waals surface area contributed by atoms with Crippen LogP contribution in [-0.2, 0) is 15.6 Å². The summed E-state index contributed by atoms with van der Waals surface area (Å²) in [5, 5.41) is 0. The van der Waals surface area contributed by atoms with Crippen molar-refractivity contribution < 1.29 is 8.42 Å². The molecule has 0 unspecified atom stereocenters. The van der Waals surface area contributed by atoms with Gasteiger partial charge in [0.1, 0.15) is 0 Å². The third-order valence-corrected chi connectivity index (χ3v) is 4.40. The lowest BCUT2D eigenvalue weighted by molar-refractivity contribution is 0.595. The summed E-state index contributed by atoms with van der Waals surface area (Å²) in [6, 6.07) is 8.46. The summed E-state index contributed by atoms with van der Waals surface area (Å²) in [5.41, 5.74) is 2.20. The van der Waals surface area contributed by atoms with Crippen LogP contribution in [0, 0.1) is 19.3 Å². The van der Waals surface area contributed by atoms with Gasteiger partial charge >= 0.3 is 0 Å². The zero-order valence-corrected chi connectivity index (χ0v) is 11.3. The van der Waals surface area contributed by atoms with Crippen LogP contribution < -0.4 is 0 Å². The molecule has 0 aliphatic rings. The molecule has 4 heteroatoms. The summed E-state index contributed by atoms with van der Waals surface area (Å²) in [5.74, 6) is 2.34. The lowest BCUT2D eigenvalue weighted by atomic mass is 10.2. The van der Waals surface area contributed by atoms with Gasteiger partial charge in [-0.2, -0.15) is 0 Å². The number of aryl methyl sites for hydroxylation is 1. The van der Waals surface area contributed by atoms with Gasteiger partial charge in [0.25, 0.3) is 0 Å². The second-order valence-corrected chi connectivity index (χ2v) is 6.29. The van der Waals surface area contributed by atoms with Crippen molar-refractivity contribution in [1.82, 2.24) is 4.98 Å². The average Bonchev–Trinajstić information content (AvgIpc) is 2.39. The fourth-order valence-corrected chi connectivity index (χ4v) is 3.01. The molecule has 0 radical (unpaired) electrons. The van der Waals surface area contributed by atoms with Crippen LogP contribution in [-0.4, -0.2) is 13.4 Å². The molecule has 0 spiro atoms. The minimum atomic E-state index is -3.36. The summed E-state index contributed by atoms with van der Waals surface area (Å²) >= 11 is 0. The number of nitrogens with zero attached hydrogens (tertiary/aromatic N) is 1. The van der Waals surface area contributed by atoms with Crippen LogP contribution in [0.15, 0.2) is 47.6 Å². The maximum absolute atomic E-state index is 12.2. The van der Waals surface area contributed by atoms with Crippen LogP contribution in [0.3, 0.4) is 0 Å². The predicted molar refractivity (Wildman–Crippen MR) is 74.2 cm³/mol. The molecule has 0 fully saturated rings. The van der Waals surface area contributed by atoms with Crippen molar-refractivity contribution in [2.24, 2.45) is 0 Å². The van der Waals surface area contributed by atoms with Crippen LogP contribution in [0.5, 0.6) is 0 Å². The summed E-state index contributed by atoms with van der Waals surface area (Å²) in [7, 11) is -3.36. The Morgan fingerprint density at radius 2 is 1.89 bits per heavy atom. The van der Waals surface area contributed by atoms with E-state index in [2.05, 4.69) is 10.9 Å². The molecular formula is C15H13NO2S. The number of terminal acetylenes is 1. The molecule has 0 saturated carbocycles. The summed E-state index contributed by atoms with van der Waals surface area (Å²) in [6.07, 6.45) is 8.32. The Balaban J connectivity index is 2.31. The summed E-state index contributed by atoms with van der Waals surface area (Å²) < 4.78 is 24.5. The molecule has 1 aromatic carbocycles. The van der Waals surface area contributed by atoms with E-state index in [1.54, 1.807) is 30.3 Å². The second kappa shape index (κ2) is 5.25. The third-order valence-electron chi connectivity index (χ3n) is 2.70. The van der Waals surface area contributed by atoms with Gasteiger partial charge in [0, 0.05) is 18.0 Å². The minimum Gasteiger partial charge on any atom is -0.263 e. The maximum Gasteiger partial charge on any atom is 0.182 e. The lowest BCUT2D eigenvalue weighted by Crippen LogP contribution is -2.05. The van der Waals surface area contributed by atoms with Crippen molar-refractivity contribution in [2.75, 3.05) is 0 Å². The number of benzene rings is 1. The van der Waals surface area contributed by atoms with Gasteiger partial charge in [-0.25, -0.2) is 8.42 Å². The number of hydrogen-bond acceptors (Lipinski definition) is 3. The van der Waals surface area contributed by atoms with E-state index in [1.165, 1.54) is 12.4 Å². The first-order valence-corrected chi connectivity index (χ1v) is 7.36. The van der Waals surface area contributed by atoms with E-state index >= 15 is 0 Å². The van der Waals surface area contributed by atoms with E-state index in [9.17, 15) is 8.42 Å². The molecule has 0 aliphatic carbocycles. The van der Waals surface area contributed by atoms with Crippen molar-refractivity contribution in [1.29, 1.82) is 0 Å². The van der Waals surface area contributed by atoms with Crippen molar-refractivity contribution in [3.8, 4) is 12.3 Å². The van der Waals surface area contributed by atoms with Crippen LogP contribution in [0.25, 0.3) is 0 Å². The van der Waals surface area contributed by atoms with Gasteiger partial charge in [0.2, 0.25) is 0 Å². The van der Waals surface area contributed by atoms with E-state index in [0.29, 0.717) is 16.0 Å². The number of rotatable bonds is 3. The molecule has 0 saturated heterocycles. The Bertz CT molecular complexity index is 725. The number of hydrogen-bond donors (Lipinski definition) is 0. The van der Waals surface area contributed by atoms with E-state index in [-0.39, 0.29) is 5.75 Å². The topological polar surface area (TPSA) is 47.0 Å². The zero-order valence-electron chi connectivity index (χ0n) is 10.5. The molecule has 0 atom stereocenters. The van der Waals surface area contributed by atoms with Gasteiger partial charge < -0.3 is 0 Å². The van der Waals surface area contributed by atoms with Gasteiger partial charge in [0.15, 0.2) is 9.84 Å². The van der Waals surface area contributed by atoms with Gasteiger partial charge in [-0.15, -0.1) is 6.42 Å². The molecule has 1 aromatic heterocycles. The smallest absolute Gasteiger partial charge is 0.182 e. The van der Waals surface area contributed by atoms with Crippen molar-refractivity contribution in [2.45, 2.75) is 17.6 Å². The van der Waals surface area contributed by atoms with Crippen LogP contribution >= 0.6 is 0 Å². The Kier molecular flexibility index (Phi) is 3.68. The Morgan fingerprint density at radius 1 is 1.21 bits per heavy atom. The monoisotopic (exact) mass is 271 g/mol. The quantitative estimate of drug-likeness (QED) is 0.805. The molecule has 19 heavy (non-hydrogen) atoms. The summed E-state index contributed by atoms with van der Waals surface area (Å²) in [6.45, 7) is 1.91. The largest absolute Gasteiger partial charge is 0.263 e. The maximum atomic E-state index is 12.2. The third kappa shape index (κ3) is 3.21. The molecule has 0 bridgehead atoms. The van der Waals surface area contributed by atoms with Crippen LogP contribution in [0.1, 0.15) is 16.7 Å². The molecule has 0 amide bonds. The van der Waals surface area contributed by atoms with Gasteiger partial charge in [0.05, 0.1) is 10.6 Å². The van der Waals surface area contributed by atoms with Crippen LogP contribution in [0.4, 0.5) is 0 Å². The number of pyridine rings is 1. The predicted octanol–water partition coefficient (Wildman–Crippen LogP) is 2.35.